The van der Waals surface area contributed by atoms with Gasteiger partial charge in [0.2, 0.25) is 5.13 Å². The van der Waals surface area contributed by atoms with Crippen LogP contribution in [0.3, 0.4) is 0 Å². The average Bonchev–Trinajstić information content (AvgIpc) is 3.12. The third-order valence-corrected chi connectivity index (χ3v) is 6.39. The number of aromatic nitrogens is 2. The van der Waals surface area contributed by atoms with Gasteiger partial charge in [0.1, 0.15) is 0 Å². The number of rotatable bonds is 6. The van der Waals surface area contributed by atoms with Gasteiger partial charge in [-0.05, 0) is 31.5 Å². The van der Waals surface area contributed by atoms with Crippen molar-refractivity contribution >= 4 is 43.8 Å². The Labute approximate surface area is 169 Å². The second-order valence-electron chi connectivity index (χ2n) is 6.06. The minimum atomic E-state index is -4.14. The summed E-state index contributed by atoms with van der Waals surface area (Å²) < 4.78 is 27.0. The number of benzene rings is 2. The Morgan fingerprint density at radius 1 is 1.14 bits per heavy atom. The maximum atomic E-state index is 12.6. The van der Waals surface area contributed by atoms with Gasteiger partial charge in [-0.15, -0.1) is 10.2 Å². The van der Waals surface area contributed by atoms with E-state index in [9.17, 15) is 23.3 Å². The number of anilines is 2. The van der Waals surface area contributed by atoms with Crippen molar-refractivity contribution in [2.45, 2.75) is 18.2 Å². The summed E-state index contributed by atoms with van der Waals surface area (Å²) in [6.45, 7) is 3.45. The summed E-state index contributed by atoms with van der Waals surface area (Å²) in [6.07, 6.45) is 0. The lowest BCUT2D eigenvalue weighted by molar-refractivity contribution is -0.384. The molecule has 10 nitrogen and oxygen atoms in total. The van der Waals surface area contributed by atoms with E-state index in [0.717, 1.165) is 11.6 Å². The van der Waals surface area contributed by atoms with Crippen LogP contribution in [0.1, 0.15) is 21.5 Å². The second kappa shape index (κ2) is 7.93. The Kier molecular flexibility index (Phi) is 5.57. The van der Waals surface area contributed by atoms with Crippen molar-refractivity contribution in [2.24, 2.45) is 0 Å². The van der Waals surface area contributed by atoms with Crippen LogP contribution in [0.2, 0.25) is 0 Å². The average molecular weight is 433 g/mol. The van der Waals surface area contributed by atoms with Crippen LogP contribution < -0.4 is 10.0 Å². The zero-order chi connectivity index (χ0) is 21.2. The molecule has 12 heteroatoms. The van der Waals surface area contributed by atoms with Crippen molar-refractivity contribution in [3.8, 4) is 0 Å². The molecule has 0 spiro atoms. The maximum absolute atomic E-state index is 12.6. The molecule has 0 fully saturated rings. The summed E-state index contributed by atoms with van der Waals surface area (Å²) in [6, 6.07) is 10.7. The lowest BCUT2D eigenvalue weighted by Gasteiger charge is -2.08. The van der Waals surface area contributed by atoms with Crippen molar-refractivity contribution in [3.05, 3.63) is 69.3 Å². The molecule has 2 aromatic carbocycles. The summed E-state index contributed by atoms with van der Waals surface area (Å²) in [5.74, 6) is -0.448. The highest BCUT2D eigenvalue weighted by Crippen LogP contribution is 2.27. The number of amides is 1. The maximum Gasteiger partial charge on any atom is 0.291 e. The molecule has 3 aromatic rings. The van der Waals surface area contributed by atoms with Crippen LogP contribution in [-0.4, -0.2) is 29.4 Å². The number of nitro groups is 1. The fraction of sp³-hybridized carbons (Fsp3) is 0.118. The molecule has 0 aliphatic heterocycles. The standard InChI is InChI=1S/C17H15N5O5S2/c1-10-4-3-5-12(8-10)15(23)18-16-19-20-17(28-16)29(26,27)21-14-9-13(22(24)25)7-6-11(14)2/h3-9,21H,1-2H3,(H,18,19,23). The lowest BCUT2D eigenvalue weighted by Crippen LogP contribution is -2.13. The molecule has 2 N–H and O–H groups in total. The fourth-order valence-electron chi connectivity index (χ4n) is 2.35. The van der Waals surface area contributed by atoms with Crippen molar-refractivity contribution in [3.63, 3.8) is 0 Å². The smallest absolute Gasteiger partial charge is 0.291 e. The molecule has 0 atom stereocenters. The number of sulfonamides is 1. The molecule has 0 aliphatic carbocycles. The Morgan fingerprint density at radius 3 is 2.59 bits per heavy atom. The van der Waals surface area contributed by atoms with Crippen molar-refractivity contribution in [1.82, 2.24) is 10.2 Å². The molecule has 150 valence electrons. The summed E-state index contributed by atoms with van der Waals surface area (Å²) in [7, 11) is -4.14. The molecule has 1 amide bonds. The summed E-state index contributed by atoms with van der Waals surface area (Å²) in [5, 5.41) is 20.7. The van der Waals surface area contributed by atoms with Gasteiger partial charge in [0.15, 0.2) is 0 Å². The van der Waals surface area contributed by atoms with Gasteiger partial charge in [-0.1, -0.05) is 35.1 Å². The number of nitro benzene ring substituents is 1. The van der Waals surface area contributed by atoms with Crippen molar-refractivity contribution < 1.29 is 18.1 Å². The topological polar surface area (TPSA) is 144 Å². The Balaban J connectivity index is 1.79. The van der Waals surface area contributed by atoms with E-state index in [0.29, 0.717) is 22.5 Å². The van der Waals surface area contributed by atoms with Crippen LogP contribution in [0.25, 0.3) is 0 Å². The van der Waals surface area contributed by atoms with Crippen molar-refractivity contribution in [1.29, 1.82) is 0 Å². The van der Waals surface area contributed by atoms with Gasteiger partial charge >= 0.3 is 0 Å². The molecule has 0 radical (unpaired) electrons. The molecular formula is C17H15N5O5S2. The van der Waals surface area contributed by atoms with Crippen LogP contribution in [0, 0.1) is 24.0 Å². The molecule has 0 aliphatic rings. The zero-order valence-corrected chi connectivity index (χ0v) is 16.9. The van der Waals surface area contributed by atoms with Crippen LogP contribution in [0.4, 0.5) is 16.5 Å². The number of nitrogens with one attached hydrogen (secondary N) is 2. The van der Waals surface area contributed by atoms with Crippen LogP contribution in [0.5, 0.6) is 0 Å². The third-order valence-electron chi connectivity index (χ3n) is 3.81. The highest BCUT2D eigenvalue weighted by atomic mass is 32.2. The molecule has 3 rings (SSSR count). The fourth-order valence-corrected chi connectivity index (χ4v) is 4.36. The monoisotopic (exact) mass is 433 g/mol. The molecule has 1 aromatic heterocycles. The Hall–Kier alpha value is -3.38. The number of nitrogens with zero attached hydrogens (tertiary/aromatic N) is 3. The molecular weight excluding hydrogens is 418 g/mol. The first-order chi connectivity index (χ1) is 13.7. The first-order valence-electron chi connectivity index (χ1n) is 8.15. The minimum Gasteiger partial charge on any atom is -0.296 e. The summed E-state index contributed by atoms with van der Waals surface area (Å²) in [5.41, 5.74) is 1.60. The Morgan fingerprint density at radius 2 is 1.90 bits per heavy atom. The predicted octanol–water partition coefficient (Wildman–Crippen LogP) is 3.12. The van der Waals surface area contributed by atoms with Crippen molar-refractivity contribution in [2.75, 3.05) is 10.0 Å². The first kappa shape index (κ1) is 20.4. The van der Waals surface area contributed by atoms with E-state index in [4.69, 9.17) is 0 Å². The summed E-state index contributed by atoms with van der Waals surface area (Å²) in [4.78, 5) is 22.5. The van der Waals surface area contributed by atoms with Crippen LogP contribution in [0.15, 0.2) is 46.8 Å². The molecule has 0 unspecified atom stereocenters. The number of carbonyl (C=O) groups is 1. The molecule has 0 saturated heterocycles. The van der Waals surface area contributed by atoms with Gasteiger partial charge in [-0.25, -0.2) is 0 Å². The largest absolute Gasteiger partial charge is 0.296 e. The van der Waals surface area contributed by atoms with E-state index >= 15 is 0 Å². The zero-order valence-electron chi connectivity index (χ0n) is 15.2. The quantitative estimate of drug-likeness (QED) is 0.345. The van der Waals surface area contributed by atoms with E-state index in [1.807, 2.05) is 13.0 Å². The number of aryl methyl sites for hydroxylation is 2. The van der Waals surface area contributed by atoms with Gasteiger partial charge < -0.3 is 0 Å². The Bertz CT molecular complexity index is 1210. The normalized spacial score (nSPS) is 11.1. The highest BCUT2D eigenvalue weighted by molar-refractivity contribution is 7.94. The van der Waals surface area contributed by atoms with Gasteiger partial charge in [0.05, 0.1) is 10.6 Å². The second-order valence-corrected chi connectivity index (χ2v) is 8.89. The van der Waals surface area contributed by atoms with Crippen LogP contribution >= 0.6 is 11.3 Å². The van der Waals surface area contributed by atoms with E-state index < -0.39 is 20.9 Å². The number of hydrogen-bond acceptors (Lipinski definition) is 8. The van der Waals surface area contributed by atoms with Crippen LogP contribution in [-0.2, 0) is 10.0 Å². The molecule has 1 heterocycles. The minimum absolute atomic E-state index is 0.00708. The van der Waals surface area contributed by atoms with Gasteiger partial charge in [-0.2, -0.15) is 8.42 Å². The summed E-state index contributed by atoms with van der Waals surface area (Å²) >= 11 is 0.664. The van der Waals surface area contributed by atoms with Gasteiger partial charge in [-0.3, -0.25) is 24.9 Å². The predicted molar refractivity (Wildman–Crippen MR) is 108 cm³/mol. The SMILES string of the molecule is Cc1cccc(C(=O)Nc2nnc(S(=O)(=O)Nc3cc([N+](=O)[O-])ccc3C)s2)c1. The van der Waals surface area contributed by atoms with E-state index in [2.05, 4.69) is 20.2 Å². The molecule has 0 bridgehead atoms. The first-order valence-corrected chi connectivity index (χ1v) is 10.4. The number of hydrogen-bond donors (Lipinski definition) is 2. The number of carbonyl (C=O) groups excluding carboxylic acids is 1. The van der Waals surface area contributed by atoms with E-state index in [-0.39, 0.29) is 20.8 Å². The highest BCUT2D eigenvalue weighted by Gasteiger charge is 2.23. The van der Waals surface area contributed by atoms with Gasteiger partial charge in [0, 0.05) is 17.7 Å². The van der Waals surface area contributed by atoms with Gasteiger partial charge in [0.25, 0.3) is 26.0 Å². The van der Waals surface area contributed by atoms with E-state index in [1.165, 1.54) is 12.1 Å². The van der Waals surface area contributed by atoms with E-state index in [1.54, 1.807) is 25.1 Å². The third kappa shape index (κ3) is 4.73. The lowest BCUT2D eigenvalue weighted by atomic mass is 10.1. The number of non-ortho nitro benzene ring substituents is 1. The molecule has 0 saturated carbocycles. The molecule has 29 heavy (non-hydrogen) atoms.